The van der Waals surface area contributed by atoms with E-state index in [1.54, 1.807) is 0 Å². The summed E-state index contributed by atoms with van der Waals surface area (Å²) >= 11 is 0. The van der Waals surface area contributed by atoms with Crippen LogP contribution in [0.2, 0.25) is 0 Å². The van der Waals surface area contributed by atoms with Crippen LogP contribution in [0.3, 0.4) is 0 Å². The molecule has 0 heteroatoms. The van der Waals surface area contributed by atoms with Crippen molar-refractivity contribution in [2.24, 2.45) is 5.41 Å². The van der Waals surface area contributed by atoms with Gasteiger partial charge in [0.1, 0.15) is 0 Å². The van der Waals surface area contributed by atoms with Crippen LogP contribution in [0, 0.1) is 5.41 Å². The fourth-order valence-corrected chi connectivity index (χ4v) is 1.25. The Morgan fingerprint density at radius 2 is 1.08 bits per heavy atom. The minimum atomic E-state index is 0.550. The van der Waals surface area contributed by atoms with E-state index in [1.165, 1.54) is 38.5 Å². The zero-order valence-electron chi connectivity index (χ0n) is 10.7. The Morgan fingerprint density at radius 1 is 0.692 bits per heavy atom. The summed E-state index contributed by atoms with van der Waals surface area (Å²) in [7, 11) is 0. The lowest BCUT2D eigenvalue weighted by atomic mass is 9.91. The Labute approximate surface area is 86.1 Å². The van der Waals surface area contributed by atoms with Gasteiger partial charge in [-0.05, 0) is 11.8 Å². The lowest BCUT2D eigenvalue weighted by Crippen LogP contribution is -2.02. The first-order valence-corrected chi connectivity index (χ1v) is 5.97. The van der Waals surface area contributed by atoms with Crippen molar-refractivity contribution in [3.63, 3.8) is 0 Å². The van der Waals surface area contributed by atoms with Gasteiger partial charge in [0.25, 0.3) is 0 Å². The van der Waals surface area contributed by atoms with E-state index in [0.29, 0.717) is 5.41 Å². The molecule has 0 amide bonds. The average molecular weight is 186 g/mol. The molecule has 0 saturated carbocycles. The van der Waals surface area contributed by atoms with Gasteiger partial charge >= 0.3 is 0 Å². The molecular formula is C13H30. The molecule has 13 heavy (non-hydrogen) atoms. The number of hydrogen-bond acceptors (Lipinski definition) is 0. The Balaban J connectivity index is 0. The fraction of sp³-hybridized carbons (Fsp3) is 1.00. The summed E-state index contributed by atoms with van der Waals surface area (Å²) < 4.78 is 0. The van der Waals surface area contributed by atoms with Crippen LogP contribution in [0.5, 0.6) is 0 Å². The third kappa shape index (κ3) is 24.5. The van der Waals surface area contributed by atoms with Crippen molar-refractivity contribution in [1.82, 2.24) is 0 Å². The molecule has 0 spiro atoms. The molecule has 0 bridgehead atoms. The molecule has 0 fully saturated rings. The van der Waals surface area contributed by atoms with Gasteiger partial charge in [-0.15, -0.1) is 0 Å². The second-order valence-electron chi connectivity index (χ2n) is 5.02. The van der Waals surface area contributed by atoms with Gasteiger partial charge in [0.05, 0.1) is 0 Å². The smallest absolute Gasteiger partial charge is 0.0383 e. The van der Waals surface area contributed by atoms with Gasteiger partial charge in [0.2, 0.25) is 0 Å². The maximum absolute atomic E-state index is 2.27. The summed E-state index contributed by atoms with van der Waals surface area (Å²) in [6.07, 6.45) is 8.19. The molecule has 0 nitrogen and oxygen atoms in total. The van der Waals surface area contributed by atoms with Crippen molar-refractivity contribution in [3.05, 3.63) is 0 Å². The van der Waals surface area contributed by atoms with Crippen LogP contribution in [-0.2, 0) is 0 Å². The monoisotopic (exact) mass is 186 g/mol. The van der Waals surface area contributed by atoms with Gasteiger partial charge < -0.3 is 0 Å². The zero-order chi connectivity index (χ0) is 10.7. The largest absolute Gasteiger partial charge is 0.0654 e. The summed E-state index contributed by atoms with van der Waals surface area (Å²) in [6.45, 7) is 13.5. The van der Waals surface area contributed by atoms with E-state index >= 15 is 0 Å². The summed E-state index contributed by atoms with van der Waals surface area (Å²) in [4.78, 5) is 0. The van der Waals surface area contributed by atoms with Crippen LogP contribution < -0.4 is 0 Å². The van der Waals surface area contributed by atoms with Gasteiger partial charge in [0, 0.05) is 0 Å². The highest BCUT2D eigenvalue weighted by atomic mass is 14.1. The first-order chi connectivity index (χ1) is 5.97. The van der Waals surface area contributed by atoms with Crippen LogP contribution in [0.25, 0.3) is 0 Å². The van der Waals surface area contributed by atoms with E-state index in [-0.39, 0.29) is 0 Å². The molecule has 0 saturated heterocycles. The summed E-state index contributed by atoms with van der Waals surface area (Å²) in [5.41, 5.74) is 0.550. The lowest BCUT2D eigenvalue weighted by Gasteiger charge is -2.15. The third-order valence-electron chi connectivity index (χ3n) is 1.96. The van der Waals surface area contributed by atoms with Crippen LogP contribution in [0.1, 0.15) is 80.1 Å². The molecule has 0 unspecified atom stereocenters. The molecule has 0 radical (unpaired) electrons. The maximum atomic E-state index is 2.27. The van der Waals surface area contributed by atoms with E-state index in [2.05, 4.69) is 41.5 Å². The second-order valence-corrected chi connectivity index (χ2v) is 5.02. The SMILES string of the molecule is CCCC(C)(C)C.CCCCCC. The van der Waals surface area contributed by atoms with Crippen LogP contribution in [0.4, 0.5) is 0 Å². The van der Waals surface area contributed by atoms with Crippen molar-refractivity contribution < 1.29 is 0 Å². The van der Waals surface area contributed by atoms with Gasteiger partial charge in [-0.2, -0.15) is 0 Å². The minimum Gasteiger partial charge on any atom is -0.0654 e. The normalized spacial score (nSPS) is 10.6. The lowest BCUT2D eigenvalue weighted by molar-refractivity contribution is 0.373. The van der Waals surface area contributed by atoms with Crippen LogP contribution in [0.15, 0.2) is 0 Å². The predicted molar refractivity (Wildman–Crippen MR) is 64.2 cm³/mol. The zero-order valence-corrected chi connectivity index (χ0v) is 10.7. The molecule has 0 aromatic carbocycles. The van der Waals surface area contributed by atoms with Crippen molar-refractivity contribution in [2.45, 2.75) is 80.1 Å². The Morgan fingerprint density at radius 3 is 1.15 bits per heavy atom. The van der Waals surface area contributed by atoms with E-state index in [9.17, 15) is 0 Å². The molecule has 0 aliphatic carbocycles. The molecule has 0 aromatic heterocycles. The first kappa shape index (κ1) is 15.5. The number of rotatable bonds is 4. The highest BCUT2D eigenvalue weighted by Gasteiger charge is 2.06. The summed E-state index contributed by atoms with van der Waals surface area (Å²) in [6, 6.07) is 0. The molecule has 0 heterocycles. The minimum absolute atomic E-state index is 0.550. The van der Waals surface area contributed by atoms with Crippen LogP contribution in [-0.4, -0.2) is 0 Å². The average Bonchev–Trinajstić information content (AvgIpc) is 1.99. The molecule has 0 aliphatic rings. The van der Waals surface area contributed by atoms with Crippen molar-refractivity contribution in [2.75, 3.05) is 0 Å². The van der Waals surface area contributed by atoms with Gasteiger partial charge in [0.15, 0.2) is 0 Å². The number of unbranched alkanes of at least 4 members (excludes halogenated alkanes) is 3. The molecule has 0 aromatic rings. The summed E-state index contributed by atoms with van der Waals surface area (Å²) in [5.74, 6) is 0. The van der Waals surface area contributed by atoms with E-state index < -0.39 is 0 Å². The fourth-order valence-electron chi connectivity index (χ4n) is 1.25. The highest BCUT2D eigenvalue weighted by molar-refractivity contribution is 4.58. The quantitative estimate of drug-likeness (QED) is 0.514. The molecule has 0 atom stereocenters. The van der Waals surface area contributed by atoms with Gasteiger partial charge in [-0.1, -0.05) is 73.6 Å². The molecule has 0 rings (SSSR count). The van der Waals surface area contributed by atoms with Crippen LogP contribution >= 0.6 is 0 Å². The topological polar surface area (TPSA) is 0 Å². The molecule has 82 valence electrons. The van der Waals surface area contributed by atoms with Gasteiger partial charge in [-0.25, -0.2) is 0 Å². The van der Waals surface area contributed by atoms with E-state index in [4.69, 9.17) is 0 Å². The Bertz CT molecular complexity index is 72.5. The Kier molecular flexibility index (Phi) is 12.0. The highest BCUT2D eigenvalue weighted by Crippen LogP contribution is 2.19. The van der Waals surface area contributed by atoms with Crippen molar-refractivity contribution >= 4 is 0 Å². The summed E-state index contributed by atoms with van der Waals surface area (Å²) in [5, 5.41) is 0. The predicted octanol–water partition coefficient (Wildman–Crippen LogP) is 5.42. The standard InChI is InChI=1S/C7H16.C6H14/c1-5-6-7(2,3)4;1-3-5-6-4-2/h5-6H2,1-4H3;3-6H2,1-2H3. The maximum Gasteiger partial charge on any atom is -0.0383 e. The third-order valence-corrected chi connectivity index (χ3v) is 1.96. The molecule has 0 N–H and O–H groups in total. The van der Waals surface area contributed by atoms with E-state index in [1.807, 2.05) is 0 Å². The second kappa shape index (κ2) is 10.1. The van der Waals surface area contributed by atoms with Crippen molar-refractivity contribution in [1.29, 1.82) is 0 Å². The van der Waals surface area contributed by atoms with Gasteiger partial charge in [-0.3, -0.25) is 0 Å². The van der Waals surface area contributed by atoms with Crippen molar-refractivity contribution in [3.8, 4) is 0 Å². The Hall–Kier alpha value is 0. The van der Waals surface area contributed by atoms with E-state index in [0.717, 1.165) is 0 Å². The molecular weight excluding hydrogens is 156 g/mol. The first-order valence-electron chi connectivity index (χ1n) is 5.97. The molecule has 0 aliphatic heterocycles. The number of hydrogen-bond donors (Lipinski definition) is 0.